The van der Waals surface area contributed by atoms with Gasteiger partial charge in [0.05, 0.1) is 6.10 Å². The van der Waals surface area contributed by atoms with E-state index in [9.17, 15) is 0 Å². The fraction of sp³-hybridized carbons (Fsp3) is 0.857. The summed E-state index contributed by atoms with van der Waals surface area (Å²) in [5.74, 6) is 1.37. The van der Waals surface area contributed by atoms with E-state index in [0.29, 0.717) is 0 Å². The SMILES string of the molecule is CC(=O)O.OC1CCCSC1. The minimum atomic E-state index is -0.833. The maximum Gasteiger partial charge on any atom is 0.300 e. The van der Waals surface area contributed by atoms with E-state index in [-0.39, 0.29) is 6.10 Å². The Bertz CT molecular complexity index is 106. The molecule has 1 rings (SSSR count). The van der Waals surface area contributed by atoms with E-state index in [1.54, 1.807) is 0 Å². The normalized spacial score (nSPS) is 23.3. The summed E-state index contributed by atoms with van der Waals surface area (Å²) in [4.78, 5) is 9.00. The molecule has 3 nitrogen and oxygen atoms in total. The van der Waals surface area contributed by atoms with Gasteiger partial charge in [-0.2, -0.15) is 11.8 Å². The summed E-state index contributed by atoms with van der Waals surface area (Å²) in [6, 6.07) is 0. The lowest BCUT2D eigenvalue weighted by atomic mass is 10.2. The zero-order valence-corrected chi connectivity index (χ0v) is 7.43. The van der Waals surface area contributed by atoms with E-state index in [1.165, 1.54) is 12.2 Å². The van der Waals surface area contributed by atoms with Crippen LogP contribution in [-0.4, -0.2) is 33.8 Å². The Morgan fingerprint density at radius 2 is 2.18 bits per heavy atom. The largest absolute Gasteiger partial charge is 0.481 e. The van der Waals surface area contributed by atoms with Crippen molar-refractivity contribution in [2.24, 2.45) is 0 Å². The molecule has 1 heterocycles. The second kappa shape index (κ2) is 6.49. The fourth-order valence-corrected chi connectivity index (χ4v) is 1.70. The van der Waals surface area contributed by atoms with Crippen molar-refractivity contribution >= 4 is 17.7 Å². The quantitative estimate of drug-likeness (QED) is 0.580. The molecule has 0 spiro atoms. The topological polar surface area (TPSA) is 57.5 Å². The van der Waals surface area contributed by atoms with Gasteiger partial charge in [-0.15, -0.1) is 0 Å². The third-order valence-electron chi connectivity index (χ3n) is 1.14. The van der Waals surface area contributed by atoms with Gasteiger partial charge < -0.3 is 10.2 Å². The van der Waals surface area contributed by atoms with Crippen LogP contribution in [0.2, 0.25) is 0 Å². The number of aliphatic hydroxyl groups is 1. The number of carboxylic acids is 1. The van der Waals surface area contributed by atoms with Crippen LogP contribution in [0, 0.1) is 0 Å². The van der Waals surface area contributed by atoms with Gasteiger partial charge in [-0.1, -0.05) is 0 Å². The number of thioether (sulfide) groups is 1. The Balaban J connectivity index is 0.000000218. The molecule has 1 aliphatic rings. The van der Waals surface area contributed by atoms with Crippen LogP contribution in [0.3, 0.4) is 0 Å². The fourth-order valence-electron chi connectivity index (χ4n) is 0.724. The first-order valence-corrected chi connectivity index (χ1v) is 4.73. The van der Waals surface area contributed by atoms with Gasteiger partial charge in [0, 0.05) is 12.7 Å². The molecular weight excluding hydrogens is 164 g/mol. The summed E-state index contributed by atoms with van der Waals surface area (Å²) >= 11 is 1.85. The van der Waals surface area contributed by atoms with Gasteiger partial charge in [0.1, 0.15) is 0 Å². The first-order chi connectivity index (χ1) is 5.13. The first kappa shape index (κ1) is 10.8. The molecule has 1 aliphatic heterocycles. The number of aliphatic hydroxyl groups excluding tert-OH is 1. The second-order valence-corrected chi connectivity index (χ2v) is 3.54. The standard InChI is InChI=1S/C5H10OS.C2H4O2/c6-5-2-1-3-7-4-5;1-2(3)4/h5-6H,1-4H2;1H3,(H,3,4). The van der Waals surface area contributed by atoms with Crippen molar-refractivity contribution in [3.05, 3.63) is 0 Å². The van der Waals surface area contributed by atoms with Crippen LogP contribution in [-0.2, 0) is 4.79 Å². The smallest absolute Gasteiger partial charge is 0.300 e. The van der Waals surface area contributed by atoms with Crippen molar-refractivity contribution in [1.29, 1.82) is 0 Å². The lowest BCUT2D eigenvalue weighted by Crippen LogP contribution is -2.14. The summed E-state index contributed by atoms with van der Waals surface area (Å²) in [5, 5.41) is 16.3. The zero-order chi connectivity index (χ0) is 8.69. The molecule has 0 aromatic heterocycles. The highest BCUT2D eigenvalue weighted by molar-refractivity contribution is 7.99. The van der Waals surface area contributed by atoms with Crippen molar-refractivity contribution in [1.82, 2.24) is 0 Å². The van der Waals surface area contributed by atoms with Gasteiger partial charge in [-0.25, -0.2) is 0 Å². The molecule has 0 radical (unpaired) electrons. The van der Waals surface area contributed by atoms with Gasteiger partial charge >= 0.3 is 0 Å². The lowest BCUT2D eigenvalue weighted by Gasteiger charge is -2.14. The third-order valence-corrected chi connectivity index (χ3v) is 2.33. The van der Waals surface area contributed by atoms with Crippen molar-refractivity contribution in [3.8, 4) is 0 Å². The van der Waals surface area contributed by atoms with Gasteiger partial charge in [0.25, 0.3) is 5.97 Å². The molecule has 66 valence electrons. The molecule has 2 N–H and O–H groups in total. The lowest BCUT2D eigenvalue weighted by molar-refractivity contribution is -0.134. The van der Waals surface area contributed by atoms with Crippen LogP contribution in [0.1, 0.15) is 19.8 Å². The molecule has 4 heteroatoms. The van der Waals surface area contributed by atoms with E-state index in [2.05, 4.69) is 0 Å². The number of hydrogen-bond donors (Lipinski definition) is 2. The minimum absolute atomic E-state index is 0.00116. The molecule has 1 fully saturated rings. The Morgan fingerprint density at radius 1 is 1.64 bits per heavy atom. The summed E-state index contributed by atoms with van der Waals surface area (Å²) in [6.45, 7) is 1.08. The summed E-state index contributed by atoms with van der Waals surface area (Å²) in [6.07, 6.45) is 2.22. The van der Waals surface area contributed by atoms with Crippen LogP contribution in [0.25, 0.3) is 0 Å². The number of carbonyl (C=O) groups is 1. The monoisotopic (exact) mass is 178 g/mol. The highest BCUT2D eigenvalue weighted by atomic mass is 32.2. The van der Waals surface area contributed by atoms with Crippen LogP contribution in [0.4, 0.5) is 0 Å². The Kier molecular flexibility index (Phi) is 6.36. The molecule has 0 aromatic rings. The van der Waals surface area contributed by atoms with E-state index < -0.39 is 5.97 Å². The maximum atomic E-state index is 9.00. The number of hydrogen-bond acceptors (Lipinski definition) is 3. The molecule has 1 unspecified atom stereocenters. The third kappa shape index (κ3) is 9.78. The number of rotatable bonds is 0. The van der Waals surface area contributed by atoms with E-state index in [0.717, 1.165) is 19.1 Å². The van der Waals surface area contributed by atoms with Gasteiger partial charge in [-0.3, -0.25) is 4.79 Å². The molecular formula is C7H14O3S. The molecule has 0 aromatic carbocycles. The van der Waals surface area contributed by atoms with Gasteiger partial charge in [0.15, 0.2) is 0 Å². The van der Waals surface area contributed by atoms with E-state index in [1.807, 2.05) is 11.8 Å². The molecule has 0 saturated carbocycles. The van der Waals surface area contributed by atoms with Crippen LogP contribution in [0.5, 0.6) is 0 Å². The van der Waals surface area contributed by atoms with Gasteiger partial charge in [0.2, 0.25) is 0 Å². The first-order valence-electron chi connectivity index (χ1n) is 3.58. The van der Waals surface area contributed by atoms with Crippen molar-refractivity contribution in [3.63, 3.8) is 0 Å². The summed E-state index contributed by atoms with van der Waals surface area (Å²) < 4.78 is 0. The average Bonchev–Trinajstić information content (AvgIpc) is 1.87. The van der Waals surface area contributed by atoms with E-state index >= 15 is 0 Å². The Labute approximate surface area is 70.8 Å². The van der Waals surface area contributed by atoms with Crippen molar-refractivity contribution in [2.75, 3.05) is 11.5 Å². The maximum absolute atomic E-state index is 9.00. The minimum Gasteiger partial charge on any atom is -0.481 e. The molecule has 0 bridgehead atoms. The van der Waals surface area contributed by atoms with E-state index in [4.69, 9.17) is 15.0 Å². The average molecular weight is 178 g/mol. The van der Waals surface area contributed by atoms with Crippen molar-refractivity contribution < 1.29 is 15.0 Å². The highest BCUT2D eigenvalue weighted by Gasteiger charge is 2.08. The van der Waals surface area contributed by atoms with Gasteiger partial charge in [-0.05, 0) is 18.6 Å². The predicted molar refractivity (Wildman–Crippen MR) is 45.9 cm³/mol. The number of aliphatic carboxylic acids is 1. The van der Waals surface area contributed by atoms with Crippen LogP contribution < -0.4 is 0 Å². The van der Waals surface area contributed by atoms with Crippen LogP contribution in [0.15, 0.2) is 0 Å². The Hall–Kier alpha value is -0.220. The highest BCUT2D eigenvalue weighted by Crippen LogP contribution is 2.15. The molecule has 11 heavy (non-hydrogen) atoms. The predicted octanol–water partition coefficient (Wildman–Crippen LogP) is 0.965. The second-order valence-electron chi connectivity index (χ2n) is 2.39. The molecule has 1 saturated heterocycles. The molecule has 0 amide bonds. The molecule has 0 aliphatic carbocycles. The molecule has 1 atom stereocenters. The summed E-state index contributed by atoms with van der Waals surface area (Å²) in [7, 11) is 0. The van der Waals surface area contributed by atoms with Crippen LogP contribution >= 0.6 is 11.8 Å². The zero-order valence-electron chi connectivity index (χ0n) is 6.62. The van der Waals surface area contributed by atoms with Crippen molar-refractivity contribution in [2.45, 2.75) is 25.9 Å². The Morgan fingerprint density at radius 3 is 2.36 bits per heavy atom. The number of carboxylic acid groups (broad SMARTS) is 1. The summed E-state index contributed by atoms with van der Waals surface area (Å²) in [5.41, 5.74) is 0.